The molecule has 27 heavy (non-hydrogen) atoms. The van der Waals surface area contributed by atoms with Crippen LogP contribution < -0.4 is 16.0 Å². The number of carbonyl (C=O) groups excluding carboxylic acids is 4. The van der Waals surface area contributed by atoms with Gasteiger partial charge >= 0.3 is 12.0 Å². The van der Waals surface area contributed by atoms with E-state index in [0.717, 1.165) is 0 Å². The third kappa shape index (κ3) is 6.23. The molecule has 0 aliphatic rings. The fraction of sp³-hybridized carbons (Fsp3) is 0.222. The molecule has 1 aromatic heterocycles. The van der Waals surface area contributed by atoms with Crippen molar-refractivity contribution in [2.45, 2.75) is 19.9 Å². The van der Waals surface area contributed by atoms with E-state index in [0.29, 0.717) is 4.88 Å². The van der Waals surface area contributed by atoms with E-state index >= 15 is 0 Å². The van der Waals surface area contributed by atoms with Crippen LogP contribution in [0, 0.1) is 0 Å². The lowest BCUT2D eigenvalue weighted by Crippen LogP contribution is -2.35. The second kappa shape index (κ2) is 9.48. The van der Waals surface area contributed by atoms with Crippen molar-refractivity contribution in [3.8, 4) is 0 Å². The molecule has 0 bridgehead atoms. The van der Waals surface area contributed by atoms with Crippen LogP contribution in [0.5, 0.6) is 0 Å². The minimum Gasteiger partial charge on any atom is -0.452 e. The number of amides is 4. The van der Waals surface area contributed by atoms with Gasteiger partial charge in [0.05, 0.1) is 16.1 Å². The van der Waals surface area contributed by atoms with Gasteiger partial charge in [-0.2, -0.15) is 0 Å². The van der Waals surface area contributed by atoms with Gasteiger partial charge in [-0.25, -0.2) is 9.59 Å². The molecule has 2 rings (SSSR count). The molecule has 4 amide bonds. The summed E-state index contributed by atoms with van der Waals surface area (Å²) >= 11 is 1.19. The Labute approximate surface area is 159 Å². The predicted molar refractivity (Wildman–Crippen MR) is 101 cm³/mol. The van der Waals surface area contributed by atoms with E-state index in [1.165, 1.54) is 23.5 Å². The molecule has 2 aromatic rings. The van der Waals surface area contributed by atoms with Crippen molar-refractivity contribution in [3.63, 3.8) is 0 Å². The highest BCUT2D eigenvalue weighted by Gasteiger charge is 2.17. The molecule has 0 saturated heterocycles. The third-order valence-corrected chi connectivity index (χ3v) is 4.02. The van der Waals surface area contributed by atoms with Crippen LogP contribution in [-0.4, -0.2) is 36.5 Å². The summed E-state index contributed by atoms with van der Waals surface area (Å²) in [7, 11) is 0. The fourth-order valence-corrected chi connectivity index (χ4v) is 2.65. The molecule has 1 heterocycles. The topological polar surface area (TPSA) is 114 Å². The first-order valence-electron chi connectivity index (χ1n) is 8.08. The molecule has 0 fully saturated rings. The molecule has 0 radical (unpaired) electrons. The molecule has 8 nitrogen and oxygen atoms in total. The van der Waals surface area contributed by atoms with Gasteiger partial charge in [-0.05, 0) is 37.4 Å². The van der Waals surface area contributed by atoms with Crippen molar-refractivity contribution in [3.05, 3.63) is 52.2 Å². The second-order valence-corrected chi connectivity index (χ2v) is 6.68. The zero-order valence-electron chi connectivity index (χ0n) is 14.8. The van der Waals surface area contributed by atoms with Crippen molar-refractivity contribution >= 4 is 40.8 Å². The lowest BCUT2D eigenvalue weighted by atomic mass is 10.2. The summed E-state index contributed by atoms with van der Waals surface area (Å²) in [5.41, 5.74) is 0.338. The Morgan fingerprint density at radius 3 is 2.48 bits per heavy atom. The molecular weight excluding hydrogens is 370 g/mol. The van der Waals surface area contributed by atoms with Crippen LogP contribution in [-0.2, 0) is 9.53 Å². The lowest BCUT2D eigenvalue weighted by Gasteiger charge is -2.13. The average molecular weight is 389 g/mol. The predicted octanol–water partition coefficient (Wildman–Crippen LogP) is 2.39. The number of para-hydroxylation sites is 1. The largest absolute Gasteiger partial charge is 0.452 e. The van der Waals surface area contributed by atoms with Gasteiger partial charge in [0.15, 0.2) is 6.61 Å². The van der Waals surface area contributed by atoms with E-state index in [1.54, 1.807) is 43.5 Å². The van der Waals surface area contributed by atoms with Crippen LogP contribution in [0.15, 0.2) is 41.8 Å². The quantitative estimate of drug-likeness (QED) is 0.657. The number of hydrogen-bond acceptors (Lipinski definition) is 6. The van der Waals surface area contributed by atoms with E-state index in [4.69, 9.17) is 4.74 Å². The minimum atomic E-state index is -0.797. The molecule has 0 unspecified atom stereocenters. The van der Waals surface area contributed by atoms with Crippen molar-refractivity contribution < 1.29 is 23.9 Å². The SMILES string of the molecule is CC(C)NC(=O)Nc1ccccc1C(=O)OCC(=O)NC(=O)c1cccs1. The van der Waals surface area contributed by atoms with Crippen molar-refractivity contribution in [1.29, 1.82) is 0 Å². The standard InChI is InChI=1S/C18H19N3O5S/c1-11(2)19-18(25)20-13-7-4-3-6-12(13)17(24)26-10-15(22)21-16(23)14-8-5-9-27-14/h3-9,11H,10H2,1-2H3,(H2,19,20,25)(H,21,22,23). The highest BCUT2D eigenvalue weighted by Crippen LogP contribution is 2.16. The average Bonchev–Trinajstić information content (AvgIpc) is 3.14. The van der Waals surface area contributed by atoms with Gasteiger partial charge in [-0.3, -0.25) is 14.9 Å². The summed E-state index contributed by atoms with van der Waals surface area (Å²) in [5, 5.41) is 9.04. The van der Waals surface area contributed by atoms with Gasteiger partial charge in [0.1, 0.15) is 0 Å². The molecule has 0 spiro atoms. The fourth-order valence-electron chi connectivity index (χ4n) is 2.03. The highest BCUT2D eigenvalue weighted by molar-refractivity contribution is 7.12. The van der Waals surface area contributed by atoms with Crippen LogP contribution in [0.4, 0.5) is 10.5 Å². The third-order valence-electron chi connectivity index (χ3n) is 3.15. The van der Waals surface area contributed by atoms with Crippen molar-refractivity contribution in [2.24, 2.45) is 0 Å². The Morgan fingerprint density at radius 2 is 1.81 bits per heavy atom. The summed E-state index contributed by atoms with van der Waals surface area (Å²) in [6, 6.07) is 8.96. The number of esters is 1. The number of rotatable bonds is 6. The highest BCUT2D eigenvalue weighted by atomic mass is 32.1. The van der Waals surface area contributed by atoms with E-state index in [2.05, 4.69) is 16.0 Å². The van der Waals surface area contributed by atoms with E-state index in [-0.39, 0.29) is 17.3 Å². The number of carbonyl (C=O) groups is 4. The summed E-state index contributed by atoms with van der Waals surface area (Å²) < 4.78 is 4.94. The molecule has 142 valence electrons. The van der Waals surface area contributed by atoms with Crippen LogP contribution >= 0.6 is 11.3 Å². The summed E-state index contributed by atoms with van der Waals surface area (Å²) in [6.07, 6.45) is 0. The Kier molecular flexibility index (Phi) is 7.07. The first-order valence-corrected chi connectivity index (χ1v) is 8.96. The van der Waals surface area contributed by atoms with Crippen molar-refractivity contribution in [1.82, 2.24) is 10.6 Å². The first-order chi connectivity index (χ1) is 12.9. The van der Waals surface area contributed by atoms with E-state index < -0.39 is 30.4 Å². The molecule has 0 saturated carbocycles. The van der Waals surface area contributed by atoms with Gasteiger partial charge in [0.25, 0.3) is 11.8 Å². The number of imide groups is 1. The summed E-state index contributed by atoms with van der Waals surface area (Å²) in [6.45, 7) is 2.98. The minimum absolute atomic E-state index is 0.0753. The molecule has 0 atom stereocenters. The first kappa shape index (κ1) is 20.1. The molecule has 1 aromatic carbocycles. The molecular formula is C18H19N3O5S. The number of benzene rings is 1. The maximum atomic E-state index is 12.2. The number of nitrogens with one attached hydrogen (secondary N) is 3. The lowest BCUT2D eigenvalue weighted by molar-refractivity contribution is -0.123. The molecule has 9 heteroatoms. The summed E-state index contributed by atoms with van der Waals surface area (Å²) in [5.74, 6) is -2.10. The normalized spacial score (nSPS) is 10.2. The Balaban J connectivity index is 1.93. The Bertz CT molecular complexity index is 833. The number of ether oxygens (including phenoxy) is 1. The van der Waals surface area contributed by atoms with Gasteiger partial charge in [-0.15, -0.1) is 11.3 Å². The molecule has 0 aliphatic heterocycles. The monoisotopic (exact) mass is 389 g/mol. The van der Waals surface area contributed by atoms with Crippen LogP contribution in [0.3, 0.4) is 0 Å². The number of urea groups is 1. The van der Waals surface area contributed by atoms with Gasteiger partial charge in [-0.1, -0.05) is 18.2 Å². The number of anilines is 1. The summed E-state index contributed by atoms with van der Waals surface area (Å²) in [4.78, 5) is 48.0. The number of thiophene rings is 1. The number of hydrogen-bond donors (Lipinski definition) is 3. The van der Waals surface area contributed by atoms with E-state index in [1.807, 2.05) is 0 Å². The molecule has 0 aliphatic carbocycles. The van der Waals surface area contributed by atoms with Crippen LogP contribution in [0.2, 0.25) is 0 Å². The second-order valence-electron chi connectivity index (χ2n) is 5.73. The Morgan fingerprint density at radius 1 is 1.07 bits per heavy atom. The maximum absolute atomic E-state index is 12.2. The van der Waals surface area contributed by atoms with Crippen LogP contribution in [0.1, 0.15) is 33.9 Å². The zero-order valence-corrected chi connectivity index (χ0v) is 15.6. The van der Waals surface area contributed by atoms with Crippen molar-refractivity contribution in [2.75, 3.05) is 11.9 Å². The van der Waals surface area contributed by atoms with Gasteiger partial charge < -0.3 is 15.4 Å². The molecule has 3 N–H and O–H groups in total. The maximum Gasteiger partial charge on any atom is 0.340 e. The van der Waals surface area contributed by atoms with Gasteiger partial charge in [0, 0.05) is 6.04 Å². The van der Waals surface area contributed by atoms with E-state index in [9.17, 15) is 19.2 Å². The smallest absolute Gasteiger partial charge is 0.340 e. The van der Waals surface area contributed by atoms with Crippen LogP contribution in [0.25, 0.3) is 0 Å². The van der Waals surface area contributed by atoms with Gasteiger partial charge in [0.2, 0.25) is 0 Å². The Hall–Kier alpha value is -3.20. The zero-order chi connectivity index (χ0) is 19.8.